The highest BCUT2D eigenvalue weighted by atomic mass is 16.2. The second kappa shape index (κ2) is 5.11. The molecule has 0 aromatic carbocycles. The highest BCUT2D eigenvalue weighted by Gasteiger charge is 2.29. The molecule has 2 amide bonds. The quantitative estimate of drug-likeness (QED) is 0.284. The number of hydrogen-bond donors (Lipinski definition) is 0. The number of likely N-dealkylation sites (tertiary alicyclic amines) is 1. The smallest absolute Gasteiger partial charge is 0.230 e. The van der Waals surface area contributed by atoms with Crippen LogP contribution in [0.5, 0.6) is 0 Å². The molecule has 0 aromatic rings. The normalized spacial score (nSPS) is 15.3. The van der Waals surface area contributed by atoms with Gasteiger partial charge < -0.3 is 0 Å². The highest BCUT2D eigenvalue weighted by Crippen LogP contribution is 2.11. The minimum atomic E-state index is -0.308. The van der Waals surface area contributed by atoms with Crippen molar-refractivity contribution in [2.75, 3.05) is 13.1 Å². The SMILES string of the molecule is [N-]=[N+]=NCCC(=O)CN1C(=O)CCC1=O. The van der Waals surface area contributed by atoms with Gasteiger partial charge in [-0.3, -0.25) is 19.3 Å². The zero-order valence-corrected chi connectivity index (χ0v) is 8.05. The summed E-state index contributed by atoms with van der Waals surface area (Å²) in [5.41, 5.74) is 7.98. The van der Waals surface area contributed by atoms with Crippen molar-refractivity contribution >= 4 is 17.6 Å². The third-order valence-corrected chi connectivity index (χ3v) is 2.04. The Balaban J connectivity index is 2.40. The number of amides is 2. The van der Waals surface area contributed by atoms with Gasteiger partial charge in [-0.25, -0.2) is 0 Å². The zero-order valence-electron chi connectivity index (χ0n) is 8.05. The minimum Gasteiger partial charge on any atom is -0.298 e. The van der Waals surface area contributed by atoms with Gasteiger partial charge in [0, 0.05) is 30.7 Å². The van der Waals surface area contributed by atoms with Gasteiger partial charge >= 0.3 is 0 Å². The molecular weight excluding hydrogens is 200 g/mol. The van der Waals surface area contributed by atoms with Crippen molar-refractivity contribution in [3.63, 3.8) is 0 Å². The fourth-order valence-corrected chi connectivity index (χ4v) is 1.27. The maximum Gasteiger partial charge on any atom is 0.230 e. The zero-order chi connectivity index (χ0) is 11.3. The highest BCUT2D eigenvalue weighted by molar-refractivity contribution is 6.04. The topological polar surface area (TPSA) is 103 Å². The second-order valence-electron chi connectivity index (χ2n) is 3.12. The van der Waals surface area contributed by atoms with E-state index in [-0.39, 0.29) is 49.9 Å². The summed E-state index contributed by atoms with van der Waals surface area (Å²) in [7, 11) is 0. The molecule has 0 radical (unpaired) electrons. The summed E-state index contributed by atoms with van der Waals surface area (Å²) in [6, 6.07) is 0. The monoisotopic (exact) mass is 210 g/mol. The van der Waals surface area contributed by atoms with Crippen LogP contribution in [0.3, 0.4) is 0 Å². The number of nitrogens with zero attached hydrogens (tertiary/aromatic N) is 4. The lowest BCUT2D eigenvalue weighted by Gasteiger charge is -2.11. The fourth-order valence-electron chi connectivity index (χ4n) is 1.27. The largest absolute Gasteiger partial charge is 0.298 e. The number of rotatable bonds is 5. The molecule has 15 heavy (non-hydrogen) atoms. The van der Waals surface area contributed by atoms with Crippen LogP contribution < -0.4 is 0 Å². The summed E-state index contributed by atoms with van der Waals surface area (Å²) >= 11 is 0. The molecule has 1 saturated heterocycles. The average Bonchev–Trinajstić information content (AvgIpc) is 2.50. The van der Waals surface area contributed by atoms with Crippen molar-refractivity contribution in [3.8, 4) is 0 Å². The van der Waals surface area contributed by atoms with Crippen LogP contribution in [0, 0.1) is 0 Å². The first kappa shape index (κ1) is 11.2. The molecule has 80 valence electrons. The van der Waals surface area contributed by atoms with Crippen molar-refractivity contribution in [2.45, 2.75) is 19.3 Å². The van der Waals surface area contributed by atoms with E-state index in [1.54, 1.807) is 0 Å². The number of ketones is 1. The molecule has 0 spiro atoms. The molecule has 7 nitrogen and oxygen atoms in total. The predicted octanol–water partition coefficient (Wildman–Crippen LogP) is 0.405. The summed E-state index contributed by atoms with van der Waals surface area (Å²) in [5, 5.41) is 3.20. The average molecular weight is 210 g/mol. The van der Waals surface area contributed by atoms with Crippen molar-refractivity contribution in [1.29, 1.82) is 0 Å². The lowest BCUT2D eigenvalue weighted by molar-refractivity contribution is -0.141. The van der Waals surface area contributed by atoms with Gasteiger partial charge in [0.2, 0.25) is 11.8 Å². The Bertz CT molecular complexity index is 330. The van der Waals surface area contributed by atoms with Crippen molar-refractivity contribution in [1.82, 2.24) is 4.90 Å². The van der Waals surface area contributed by atoms with Gasteiger partial charge in [-0.15, -0.1) is 0 Å². The lowest BCUT2D eigenvalue weighted by atomic mass is 10.2. The second-order valence-corrected chi connectivity index (χ2v) is 3.12. The Kier molecular flexibility index (Phi) is 3.82. The van der Waals surface area contributed by atoms with E-state index in [2.05, 4.69) is 10.0 Å². The molecule has 0 N–H and O–H groups in total. The summed E-state index contributed by atoms with van der Waals surface area (Å²) in [5.74, 6) is -0.889. The van der Waals surface area contributed by atoms with E-state index in [1.165, 1.54) is 0 Å². The van der Waals surface area contributed by atoms with Gasteiger partial charge in [-0.1, -0.05) is 5.11 Å². The molecule has 0 saturated carbocycles. The maximum atomic E-state index is 11.2. The number of imide groups is 1. The van der Waals surface area contributed by atoms with Crippen LogP contribution in [-0.2, 0) is 14.4 Å². The Morgan fingerprint density at radius 1 is 1.40 bits per heavy atom. The van der Waals surface area contributed by atoms with E-state index in [0.29, 0.717) is 0 Å². The van der Waals surface area contributed by atoms with Crippen LogP contribution in [0.15, 0.2) is 5.11 Å². The van der Waals surface area contributed by atoms with Gasteiger partial charge in [0.25, 0.3) is 0 Å². The van der Waals surface area contributed by atoms with E-state index in [4.69, 9.17) is 5.53 Å². The van der Waals surface area contributed by atoms with Gasteiger partial charge in [-0.05, 0) is 5.53 Å². The summed E-state index contributed by atoms with van der Waals surface area (Å²) in [6.07, 6.45) is 0.423. The van der Waals surface area contributed by atoms with Crippen LogP contribution in [0.2, 0.25) is 0 Å². The number of Topliss-reactive ketones (excluding diaryl/α,β-unsaturated/α-hetero) is 1. The molecule has 0 unspecified atom stereocenters. The van der Waals surface area contributed by atoms with Gasteiger partial charge in [0.15, 0.2) is 5.78 Å². The minimum absolute atomic E-state index is 0.0567. The molecule has 0 aromatic heterocycles. The first-order valence-electron chi connectivity index (χ1n) is 4.51. The van der Waals surface area contributed by atoms with E-state index in [0.717, 1.165) is 4.90 Å². The van der Waals surface area contributed by atoms with Crippen LogP contribution >= 0.6 is 0 Å². The summed E-state index contributed by atoms with van der Waals surface area (Å²) < 4.78 is 0. The van der Waals surface area contributed by atoms with Gasteiger partial charge in [0.05, 0.1) is 6.54 Å². The Hall–Kier alpha value is -1.88. The molecule has 1 rings (SSSR count). The molecule has 0 bridgehead atoms. The molecule has 1 fully saturated rings. The van der Waals surface area contributed by atoms with Crippen LogP contribution in [0.1, 0.15) is 19.3 Å². The molecule has 1 heterocycles. The Morgan fingerprint density at radius 2 is 2.00 bits per heavy atom. The first-order chi connectivity index (χ1) is 7.15. The number of hydrogen-bond acceptors (Lipinski definition) is 4. The molecule has 0 aliphatic carbocycles. The standard InChI is InChI=1S/C8H10N4O3/c9-11-10-4-3-6(13)5-12-7(14)1-2-8(12)15/h1-5H2. The first-order valence-corrected chi connectivity index (χ1v) is 4.51. The Labute approximate surface area is 85.7 Å². The number of carbonyl (C=O) groups excluding carboxylic acids is 3. The van der Waals surface area contributed by atoms with E-state index in [9.17, 15) is 14.4 Å². The number of carbonyl (C=O) groups is 3. The van der Waals surface area contributed by atoms with Crippen molar-refractivity contribution in [3.05, 3.63) is 10.4 Å². The molecule has 7 heteroatoms. The molecular formula is C8H10N4O3. The van der Waals surface area contributed by atoms with Gasteiger partial charge in [-0.2, -0.15) is 0 Å². The van der Waals surface area contributed by atoms with E-state index < -0.39 is 0 Å². The summed E-state index contributed by atoms with van der Waals surface area (Å²) in [6.45, 7) is -0.135. The Morgan fingerprint density at radius 3 is 2.53 bits per heavy atom. The van der Waals surface area contributed by atoms with E-state index >= 15 is 0 Å². The molecule has 1 aliphatic heterocycles. The third-order valence-electron chi connectivity index (χ3n) is 2.04. The third kappa shape index (κ3) is 3.07. The predicted molar refractivity (Wildman–Crippen MR) is 49.6 cm³/mol. The van der Waals surface area contributed by atoms with E-state index in [1.807, 2.05) is 0 Å². The van der Waals surface area contributed by atoms with Gasteiger partial charge in [0.1, 0.15) is 0 Å². The molecule has 1 aliphatic rings. The fraction of sp³-hybridized carbons (Fsp3) is 0.625. The summed E-state index contributed by atoms with van der Waals surface area (Å²) in [4.78, 5) is 36.9. The lowest BCUT2D eigenvalue weighted by Crippen LogP contribution is -2.34. The molecule has 0 atom stereocenters. The van der Waals surface area contributed by atoms with Crippen LogP contribution in [0.4, 0.5) is 0 Å². The van der Waals surface area contributed by atoms with Crippen LogP contribution in [0.25, 0.3) is 10.4 Å². The van der Waals surface area contributed by atoms with Crippen molar-refractivity contribution in [2.24, 2.45) is 5.11 Å². The number of azide groups is 1. The van der Waals surface area contributed by atoms with Crippen LogP contribution in [-0.4, -0.2) is 35.6 Å². The van der Waals surface area contributed by atoms with Crippen molar-refractivity contribution < 1.29 is 14.4 Å². The maximum absolute atomic E-state index is 11.2.